The lowest BCUT2D eigenvalue weighted by Crippen LogP contribution is -2.29. The van der Waals surface area contributed by atoms with Crippen LogP contribution in [0.25, 0.3) is 0 Å². The van der Waals surface area contributed by atoms with Gasteiger partial charge in [0.05, 0.1) is 24.4 Å². The van der Waals surface area contributed by atoms with Gasteiger partial charge in [-0.3, -0.25) is 4.79 Å². The molecule has 1 amide bonds. The molecule has 2 N–H and O–H groups in total. The van der Waals surface area contributed by atoms with E-state index in [0.29, 0.717) is 17.9 Å². The van der Waals surface area contributed by atoms with Gasteiger partial charge in [-0.1, -0.05) is 32.9 Å². The van der Waals surface area contributed by atoms with Gasteiger partial charge in [0, 0.05) is 10.8 Å². The number of methoxy groups -OCH3 is 1. The number of rotatable bonds is 5. The van der Waals surface area contributed by atoms with Crippen LogP contribution in [0, 0.1) is 0 Å². The van der Waals surface area contributed by atoms with E-state index in [1.807, 2.05) is 5.38 Å². The predicted octanol–water partition coefficient (Wildman–Crippen LogP) is 2.80. The molecule has 2 rings (SSSR count). The number of carbonyl (C=O) groups excluding carboxylic acids is 1. The van der Waals surface area contributed by atoms with Crippen LogP contribution in [0.4, 0.5) is 0 Å². The zero-order chi connectivity index (χ0) is 17.0. The third kappa shape index (κ3) is 4.53. The number of carbonyl (C=O) groups is 1. The summed E-state index contributed by atoms with van der Waals surface area (Å²) in [6.45, 7) is 6.59. The van der Waals surface area contributed by atoms with Crippen molar-refractivity contribution in [2.24, 2.45) is 0 Å². The molecule has 2 aromatic rings. The summed E-state index contributed by atoms with van der Waals surface area (Å²) in [5, 5.41) is 15.8. The summed E-state index contributed by atoms with van der Waals surface area (Å²) >= 11 is 1.58. The summed E-state index contributed by atoms with van der Waals surface area (Å²) in [5.41, 5.74) is 1.29. The first kappa shape index (κ1) is 17.4. The molecule has 1 heterocycles. The zero-order valence-electron chi connectivity index (χ0n) is 13.8. The average Bonchev–Trinajstić information content (AvgIpc) is 3.01. The molecule has 23 heavy (non-hydrogen) atoms. The van der Waals surface area contributed by atoms with Crippen molar-refractivity contribution in [3.63, 3.8) is 0 Å². The Kier molecular flexibility index (Phi) is 5.38. The predicted molar refractivity (Wildman–Crippen MR) is 90.6 cm³/mol. The number of aliphatic hydroxyl groups is 1. The Morgan fingerprint density at radius 1 is 1.43 bits per heavy atom. The maximum absolute atomic E-state index is 12.1. The van der Waals surface area contributed by atoms with Gasteiger partial charge in [0.2, 0.25) is 0 Å². The number of hydrogen-bond acceptors (Lipinski definition) is 5. The topological polar surface area (TPSA) is 71.5 Å². The molecule has 0 fully saturated rings. The molecule has 0 saturated carbocycles. The summed E-state index contributed by atoms with van der Waals surface area (Å²) in [6.07, 6.45) is -1.23. The number of aliphatic hydroxyl groups excluding tert-OH is 1. The summed E-state index contributed by atoms with van der Waals surface area (Å²) in [7, 11) is 1.54. The quantitative estimate of drug-likeness (QED) is 0.882. The molecule has 0 bridgehead atoms. The van der Waals surface area contributed by atoms with Gasteiger partial charge in [0.1, 0.15) is 5.75 Å². The van der Waals surface area contributed by atoms with Gasteiger partial charge in [-0.25, -0.2) is 4.98 Å². The van der Waals surface area contributed by atoms with Gasteiger partial charge in [-0.15, -0.1) is 11.3 Å². The van der Waals surface area contributed by atoms with E-state index in [0.717, 1.165) is 10.7 Å². The van der Waals surface area contributed by atoms with E-state index in [4.69, 9.17) is 4.74 Å². The van der Waals surface area contributed by atoms with Crippen molar-refractivity contribution < 1.29 is 14.6 Å². The smallest absolute Gasteiger partial charge is 0.253 e. The van der Waals surface area contributed by atoms with E-state index in [1.54, 1.807) is 42.7 Å². The second-order valence-corrected chi connectivity index (χ2v) is 7.15. The van der Waals surface area contributed by atoms with Gasteiger partial charge in [-0.2, -0.15) is 0 Å². The Bertz CT molecular complexity index is 676. The van der Waals surface area contributed by atoms with E-state index >= 15 is 0 Å². The molecule has 1 aromatic heterocycles. The molecule has 0 saturated heterocycles. The Balaban J connectivity index is 1.97. The number of amides is 1. The lowest BCUT2D eigenvalue weighted by molar-refractivity contribution is -0.129. The molecule has 5 nitrogen and oxygen atoms in total. The molecule has 1 aromatic carbocycles. The van der Waals surface area contributed by atoms with Gasteiger partial charge in [0.15, 0.2) is 6.10 Å². The standard InChI is InChI=1S/C17H22N2O3S/c1-17(2,3)16-19-12(10-23-16)9-18-15(21)14(20)11-6-5-7-13(8-11)22-4/h5-8,10,14,20H,9H2,1-4H3,(H,18,21)/t14-/m1/s1. The highest BCUT2D eigenvalue weighted by Crippen LogP contribution is 2.25. The minimum absolute atomic E-state index is 0.00691. The lowest BCUT2D eigenvalue weighted by atomic mass is 9.98. The minimum Gasteiger partial charge on any atom is -0.497 e. The number of ether oxygens (including phenoxy) is 1. The van der Waals surface area contributed by atoms with Gasteiger partial charge < -0.3 is 15.2 Å². The van der Waals surface area contributed by atoms with Crippen molar-refractivity contribution in [1.82, 2.24) is 10.3 Å². The van der Waals surface area contributed by atoms with E-state index < -0.39 is 12.0 Å². The fourth-order valence-electron chi connectivity index (χ4n) is 1.97. The maximum atomic E-state index is 12.1. The Hall–Kier alpha value is -1.92. The van der Waals surface area contributed by atoms with E-state index in [2.05, 4.69) is 31.1 Å². The van der Waals surface area contributed by atoms with Crippen LogP contribution in [-0.4, -0.2) is 23.1 Å². The highest BCUT2D eigenvalue weighted by Gasteiger charge is 2.20. The van der Waals surface area contributed by atoms with E-state index in [9.17, 15) is 9.90 Å². The van der Waals surface area contributed by atoms with Gasteiger partial charge >= 0.3 is 0 Å². The molecule has 0 aliphatic rings. The molecular weight excluding hydrogens is 312 g/mol. The fraction of sp³-hybridized carbons (Fsp3) is 0.412. The average molecular weight is 334 g/mol. The van der Waals surface area contributed by atoms with Crippen LogP contribution in [0.5, 0.6) is 5.75 Å². The zero-order valence-corrected chi connectivity index (χ0v) is 14.6. The van der Waals surface area contributed by atoms with E-state index in [-0.39, 0.29) is 5.41 Å². The van der Waals surface area contributed by atoms with Gasteiger partial charge in [0.25, 0.3) is 5.91 Å². The van der Waals surface area contributed by atoms with Crippen molar-refractivity contribution in [3.8, 4) is 5.75 Å². The van der Waals surface area contributed by atoms with Crippen LogP contribution in [0.3, 0.4) is 0 Å². The van der Waals surface area contributed by atoms with E-state index in [1.165, 1.54) is 0 Å². The number of nitrogens with zero attached hydrogens (tertiary/aromatic N) is 1. The molecule has 0 aliphatic carbocycles. The third-order valence-electron chi connectivity index (χ3n) is 3.29. The highest BCUT2D eigenvalue weighted by atomic mass is 32.1. The van der Waals surface area contributed by atoms with Crippen LogP contribution in [0.15, 0.2) is 29.6 Å². The summed E-state index contributed by atoms with van der Waals surface area (Å²) < 4.78 is 5.10. The SMILES string of the molecule is COc1cccc([C@@H](O)C(=O)NCc2csc(C(C)(C)C)n2)c1. The third-order valence-corrected chi connectivity index (χ3v) is 4.61. The van der Waals surface area contributed by atoms with Crippen molar-refractivity contribution >= 4 is 17.2 Å². The molecule has 1 atom stereocenters. The van der Waals surface area contributed by atoms with Crippen LogP contribution >= 0.6 is 11.3 Å². The van der Waals surface area contributed by atoms with Gasteiger partial charge in [-0.05, 0) is 17.7 Å². The molecule has 124 valence electrons. The number of nitrogens with one attached hydrogen (secondary N) is 1. The first-order valence-electron chi connectivity index (χ1n) is 7.36. The first-order valence-corrected chi connectivity index (χ1v) is 8.24. The second kappa shape index (κ2) is 7.10. The summed E-state index contributed by atoms with van der Waals surface area (Å²) in [5.74, 6) is 0.146. The van der Waals surface area contributed by atoms with Crippen LogP contribution in [0.2, 0.25) is 0 Å². The number of benzene rings is 1. The molecule has 0 spiro atoms. The highest BCUT2D eigenvalue weighted by molar-refractivity contribution is 7.09. The Morgan fingerprint density at radius 3 is 2.78 bits per heavy atom. The molecule has 0 radical (unpaired) electrons. The van der Waals surface area contributed by atoms with Crippen LogP contribution in [0.1, 0.15) is 43.1 Å². The van der Waals surface area contributed by atoms with Crippen molar-refractivity contribution in [3.05, 3.63) is 45.9 Å². The van der Waals surface area contributed by atoms with Crippen molar-refractivity contribution in [2.45, 2.75) is 38.8 Å². The minimum atomic E-state index is -1.23. The second-order valence-electron chi connectivity index (χ2n) is 6.29. The largest absolute Gasteiger partial charge is 0.497 e. The first-order chi connectivity index (χ1) is 10.8. The van der Waals surface area contributed by atoms with Crippen LogP contribution < -0.4 is 10.1 Å². The number of hydrogen-bond donors (Lipinski definition) is 2. The molecule has 0 unspecified atom stereocenters. The number of thiazole rings is 1. The van der Waals surface area contributed by atoms with Crippen molar-refractivity contribution in [2.75, 3.05) is 7.11 Å². The number of aromatic nitrogens is 1. The monoisotopic (exact) mass is 334 g/mol. The Morgan fingerprint density at radius 2 is 2.17 bits per heavy atom. The molecule has 0 aliphatic heterocycles. The normalized spacial score (nSPS) is 12.7. The van der Waals surface area contributed by atoms with Crippen molar-refractivity contribution in [1.29, 1.82) is 0 Å². The Labute approximate surface area is 140 Å². The summed E-state index contributed by atoms with van der Waals surface area (Å²) in [6, 6.07) is 6.83. The maximum Gasteiger partial charge on any atom is 0.253 e. The fourth-order valence-corrected chi connectivity index (χ4v) is 2.88. The molecular formula is C17H22N2O3S. The summed E-state index contributed by atoms with van der Waals surface area (Å²) in [4.78, 5) is 16.6. The molecule has 6 heteroatoms. The van der Waals surface area contributed by atoms with Crippen LogP contribution in [-0.2, 0) is 16.8 Å². The lowest BCUT2D eigenvalue weighted by Gasteiger charge is -2.14.